The van der Waals surface area contributed by atoms with E-state index in [-0.39, 0.29) is 18.5 Å². The first-order valence-corrected chi connectivity index (χ1v) is 9.40. The zero-order valence-electron chi connectivity index (χ0n) is 15.9. The second kappa shape index (κ2) is 9.15. The minimum absolute atomic E-state index is 0.0272. The van der Waals surface area contributed by atoms with Crippen molar-refractivity contribution in [2.75, 3.05) is 11.9 Å². The molecule has 0 aliphatic carbocycles. The van der Waals surface area contributed by atoms with Gasteiger partial charge in [0.05, 0.1) is 12.6 Å². The van der Waals surface area contributed by atoms with E-state index in [0.717, 1.165) is 34.4 Å². The molecule has 0 unspecified atom stereocenters. The van der Waals surface area contributed by atoms with Crippen LogP contribution >= 0.6 is 0 Å². The predicted octanol–water partition coefficient (Wildman–Crippen LogP) is 4.88. The number of carbonyl (C=O) groups is 1. The molecule has 0 atom stereocenters. The molecule has 0 fully saturated rings. The van der Waals surface area contributed by atoms with Gasteiger partial charge in [0, 0.05) is 5.69 Å². The number of carbonyl (C=O) groups excluding carboxylic acids is 1. The number of rotatable bonds is 7. The number of aryl methyl sites for hydroxylation is 2. The minimum atomic E-state index is -0.0316. The Kier molecular flexibility index (Phi) is 6.39. The molecule has 0 spiro atoms. The van der Waals surface area contributed by atoms with E-state index in [0.29, 0.717) is 0 Å². The molecule has 3 aromatic carbocycles. The first-order valence-electron chi connectivity index (χ1n) is 9.40. The van der Waals surface area contributed by atoms with Crippen molar-refractivity contribution in [1.29, 1.82) is 0 Å². The fourth-order valence-electron chi connectivity index (χ4n) is 3.30. The molecule has 1 amide bonds. The summed E-state index contributed by atoms with van der Waals surface area (Å²) in [6.45, 7) is 4.37. The summed E-state index contributed by atoms with van der Waals surface area (Å²) in [6, 6.07) is 26.5. The van der Waals surface area contributed by atoms with Crippen molar-refractivity contribution in [3.63, 3.8) is 0 Å². The predicted molar refractivity (Wildman–Crippen MR) is 112 cm³/mol. The van der Waals surface area contributed by atoms with Gasteiger partial charge in [-0.3, -0.25) is 10.1 Å². The molecular formula is C24H26N2O. The van der Waals surface area contributed by atoms with Gasteiger partial charge in [0.2, 0.25) is 5.91 Å². The fourth-order valence-corrected chi connectivity index (χ4v) is 3.30. The van der Waals surface area contributed by atoms with Crippen molar-refractivity contribution in [1.82, 2.24) is 5.32 Å². The van der Waals surface area contributed by atoms with Gasteiger partial charge in [-0.2, -0.15) is 0 Å². The molecule has 3 nitrogen and oxygen atoms in total. The Hall–Kier alpha value is -2.91. The van der Waals surface area contributed by atoms with Gasteiger partial charge in [-0.05, 0) is 35.6 Å². The Labute approximate surface area is 161 Å². The highest BCUT2D eigenvalue weighted by Crippen LogP contribution is 2.23. The highest BCUT2D eigenvalue weighted by molar-refractivity contribution is 5.93. The van der Waals surface area contributed by atoms with Gasteiger partial charge in [-0.15, -0.1) is 0 Å². The van der Waals surface area contributed by atoms with Crippen LogP contribution in [0.2, 0.25) is 0 Å². The average Bonchev–Trinajstić information content (AvgIpc) is 2.71. The molecule has 2 N–H and O–H groups in total. The SMILES string of the molecule is CCc1cccc(C)c1NC(=O)CNC(c1ccccc1)c1ccccc1. The van der Waals surface area contributed by atoms with Gasteiger partial charge < -0.3 is 5.32 Å². The molecular weight excluding hydrogens is 332 g/mol. The Morgan fingerprint density at radius 3 is 2.00 bits per heavy atom. The van der Waals surface area contributed by atoms with E-state index < -0.39 is 0 Å². The topological polar surface area (TPSA) is 41.1 Å². The van der Waals surface area contributed by atoms with Crippen LogP contribution in [0, 0.1) is 6.92 Å². The number of para-hydroxylation sites is 1. The third kappa shape index (κ3) is 4.83. The zero-order valence-corrected chi connectivity index (χ0v) is 15.9. The summed E-state index contributed by atoms with van der Waals surface area (Å²) in [4.78, 5) is 12.6. The fraction of sp³-hybridized carbons (Fsp3) is 0.208. The second-order valence-corrected chi connectivity index (χ2v) is 6.65. The monoisotopic (exact) mass is 358 g/mol. The zero-order chi connectivity index (χ0) is 19.1. The number of hydrogen-bond donors (Lipinski definition) is 2. The Balaban J connectivity index is 1.74. The molecule has 0 bridgehead atoms. The van der Waals surface area contributed by atoms with Gasteiger partial charge in [-0.25, -0.2) is 0 Å². The van der Waals surface area contributed by atoms with Crippen LogP contribution in [-0.4, -0.2) is 12.5 Å². The van der Waals surface area contributed by atoms with Crippen LogP contribution in [-0.2, 0) is 11.2 Å². The summed E-state index contributed by atoms with van der Waals surface area (Å²) in [5, 5.41) is 6.50. The van der Waals surface area contributed by atoms with Gasteiger partial charge >= 0.3 is 0 Å². The number of amides is 1. The number of benzene rings is 3. The maximum Gasteiger partial charge on any atom is 0.238 e. The molecule has 3 rings (SSSR count). The maximum absolute atomic E-state index is 12.6. The lowest BCUT2D eigenvalue weighted by molar-refractivity contribution is -0.115. The Morgan fingerprint density at radius 1 is 0.852 bits per heavy atom. The lowest BCUT2D eigenvalue weighted by Gasteiger charge is -2.20. The molecule has 138 valence electrons. The van der Waals surface area contributed by atoms with E-state index in [4.69, 9.17) is 0 Å². The third-order valence-corrected chi connectivity index (χ3v) is 4.74. The first-order chi connectivity index (χ1) is 13.2. The Morgan fingerprint density at radius 2 is 1.44 bits per heavy atom. The summed E-state index contributed by atoms with van der Waals surface area (Å²) in [7, 11) is 0. The van der Waals surface area contributed by atoms with E-state index in [1.165, 1.54) is 0 Å². The minimum Gasteiger partial charge on any atom is -0.324 e. The molecule has 0 saturated carbocycles. The molecule has 0 aromatic heterocycles. The van der Waals surface area contributed by atoms with Crippen LogP contribution in [0.4, 0.5) is 5.69 Å². The van der Waals surface area contributed by atoms with Crippen LogP contribution in [0.15, 0.2) is 78.9 Å². The average molecular weight is 358 g/mol. The Bertz CT molecular complexity index is 836. The molecule has 3 heteroatoms. The van der Waals surface area contributed by atoms with Crippen LogP contribution in [0.25, 0.3) is 0 Å². The summed E-state index contributed by atoms with van der Waals surface area (Å²) in [5.74, 6) is -0.0316. The molecule has 0 heterocycles. The highest BCUT2D eigenvalue weighted by atomic mass is 16.1. The van der Waals surface area contributed by atoms with E-state index in [1.807, 2.05) is 55.5 Å². The van der Waals surface area contributed by atoms with Crippen LogP contribution in [0.5, 0.6) is 0 Å². The summed E-state index contributed by atoms with van der Waals surface area (Å²) < 4.78 is 0. The lowest BCUT2D eigenvalue weighted by atomic mass is 9.99. The van der Waals surface area contributed by atoms with E-state index in [1.54, 1.807) is 0 Å². The van der Waals surface area contributed by atoms with Gasteiger partial charge in [0.1, 0.15) is 0 Å². The second-order valence-electron chi connectivity index (χ2n) is 6.65. The smallest absolute Gasteiger partial charge is 0.238 e. The lowest BCUT2D eigenvalue weighted by Crippen LogP contribution is -2.32. The number of anilines is 1. The molecule has 0 radical (unpaired) electrons. The standard InChI is InChI=1S/C24H26N2O/c1-3-19-16-10-11-18(2)23(19)26-22(27)17-25-24(20-12-6-4-7-13-20)21-14-8-5-9-15-21/h4-16,24-25H,3,17H2,1-2H3,(H,26,27). The van der Waals surface area contributed by atoms with Gasteiger partial charge in [-0.1, -0.05) is 85.8 Å². The van der Waals surface area contributed by atoms with Crippen LogP contribution in [0.3, 0.4) is 0 Å². The summed E-state index contributed by atoms with van der Waals surface area (Å²) in [5.41, 5.74) is 5.46. The molecule has 0 aliphatic heterocycles. The third-order valence-electron chi connectivity index (χ3n) is 4.74. The van der Waals surface area contributed by atoms with E-state index in [2.05, 4.69) is 47.9 Å². The van der Waals surface area contributed by atoms with Gasteiger partial charge in [0.25, 0.3) is 0 Å². The normalized spacial score (nSPS) is 10.8. The first kappa shape index (κ1) is 18.9. The van der Waals surface area contributed by atoms with Crippen molar-refractivity contribution >= 4 is 11.6 Å². The van der Waals surface area contributed by atoms with E-state index in [9.17, 15) is 4.79 Å². The molecule has 0 saturated heterocycles. The maximum atomic E-state index is 12.6. The van der Waals surface area contributed by atoms with Crippen molar-refractivity contribution in [3.8, 4) is 0 Å². The van der Waals surface area contributed by atoms with Crippen molar-refractivity contribution in [2.45, 2.75) is 26.3 Å². The summed E-state index contributed by atoms with van der Waals surface area (Å²) in [6.07, 6.45) is 0.890. The van der Waals surface area contributed by atoms with Crippen LogP contribution in [0.1, 0.15) is 35.2 Å². The number of hydrogen-bond acceptors (Lipinski definition) is 2. The molecule has 27 heavy (non-hydrogen) atoms. The summed E-state index contributed by atoms with van der Waals surface area (Å²) >= 11 is 0. The van der Waals surface area contributed by atoms with Crippen molar-refractivity contribution < 1.29 is 4.79 Å². The van der Waals surface area contributed by atoms with Crippen molar-refractivity contribution in [2.24, 2.45) is 0 Å². The number of nitrogens with one attached hydrogen (secondary N) is 2. The van der Waals surface area contributed by atoms with Crippen LogP contribution < -0.4 is 10.6 Å². The quantitative estimate of drug-likeness (QED) is 0.632. The van der Waals surface area contributed by atoms with Gasteiger partial charge in [0.15, 0.2) is 0 Å². The van der Waals surface area contributed by atoms with Crippen molar-refractivity contribution in [3.05, 3.63) is 101 Å². The molecule has 0 aliphatic rings. The van der Waals surface area contributed by atoms with E-state index >= 15 is 0 Å². The largest absolute Gasteiger partial charge is 0.324 e. The highest BCUT2D eigenvalue weighted by Gasteiger charge is 2.15. The molecule has 3 aromatic rings.